The summed E-state index contributed by atoms with van der Waals surface area (Å²) < 4.78 is 3.51. The van der Waals surface area contributed by atoms with Crippen molar-refractivity contribution in [2.45, 2.75) is 69.3 Å². The molecule has 1 heterocycles. The highest BCUT2D eigenvalue weighted by molar-refractivity contribution is 9.10. The van der Waals surface area contributed by atoms with Crippen molar-refractivity contribution in [3.8, 4) is 0 Å². The maximum atomic E-state index is 4.67. The zero-order chi connectivity index (χ0) is 18.4. The molecule has 0 radical (unpaired) electrons. The van der Waals surface area contributed by atoms with E-state index in [-0.39, 0.29) is 0 Å². The van der Waals surface area contributed by atoms with Gasteiger partial charge in [0.1, 0.15) is 5.82 Å². The highest BCUT2D eigenvalue weighted by Crippen LogP contribution is 2.61. The molecule has 6 rings (SSSR count). The summed E-state index contributed by atoms with van der Waals surface area (Å²) in [4.78, 5) is 0. The average Bonchev–Trinajstić information content (AvgIpc) is 3.01. The summed E-state index contributed by atoms with van der Waals surface area (Å²) in [6, 6.07) is 8.58. The summed E-state index contributed by atoms with van der Waals surface area (Å²) in [6.07, 6.45) is 10.00. The van der Waals surface area contributed by atoms with E-state index in [0.717, 1.165) is 46.1 Å². The van der Waals surface area contributed by atoms with Gasteiger partial charge in [-0.2, -0.15) is 0 Å². The number of hydrogen-bond donors (Lipinski definition) is 0. The Morgan fingerprint density at radius 1 is 1.04 bits per heavy atom. The minimum atomic E-state index is 0.530. The molecule has 0 aliphatic heterocycles. The number of hydrogen-bond acceptors (Lipinski definition) is 3. The van der Waals surface area contributed by atoms with Crippen LogP contribution < -0.4 is 0 Å². The van der Waals surface area contributed by atoms with Crippen LogP contribution in [0, 0.1) is 23.2 Å². The van der Waals surface area contributed by atoms with Gasteiger partial charge in [-0.05, 0) is 86.3 Å². The molecule has 1 aromatic heterocycles. The van der Waals surface area contributed by atoms with Crippen LogP contribution >= 0.6 is 27.7 Å². The van der Waals surface area contributed by atoms with Gasteiger partial charge in [0.05, 0.1) is 0 Å². The first-order valence-corrected chi connectivity index (χ1v) is 12.2. The number of benzene rings is 1. The van der Waals surface area contributed by atoms with Crippen LogP contribution in [0.15, 0.2) is 33.9 Å². The highest BCUT2D eigenvalue weighted by Gasteiger charge is 2.51. The summed E-state index contributed by atoms with van der Waals surface area (Å²) in [6.45, 7) is 3.20. The average molecular weight is 446 g/mol. The maximum Gasteiger partial charge on any atom is 0.191 e. The largest absolute Gasteiger partial charge is 0.306 e. The maximum absolute atomic E-state index is 4.67. The minimum Gasteiger partial charge on any atom is -0.306 e. The normalized spacial score (nSPS) is 31.6. The fourth-order valence-corrected chi connectivity index (χ4v) is 7.69. The van der Waals surface area contributed by atoms with E-state index in [1.54, 1.807) is 0 Å². The van der Waals surface area contributed by atoms with Crippen LogP contribution in [0.3, 0.4) is 0 Å². The van der Waals surface area contributed by atoms with E-state index < -0.39 is 0 Å². The summed E-state index contributed by atoms with van der Waals surface area (Å²) in [7, 11) is 0. The molecular weight excluding hydrogens is 418 g/mol. The standard InChI is InChI=1S/C22H28BrN3S/c1-2-26-20(13-22-10-16-7-17(11-22)9-18(8-16)12-22)24-25-21(26)27-14-15-3-5-19(23)6-4-15/h3-6,16-18H,2,7-14H2,1H3. The summed E-state index contributed by atoms with van der Waals surface area (Å²) in [5, 5.41) is 10.3. The van der Waals surface area contributed by atoms with Gasteiger partial charge in [-0.1, -0.05) is 39.8 Å². The zero-order valence-electron chi connectivity index (χ0n) is 16.0. The van der Waals surface area contributed by atoms with Crippen LogP contribution in [0.5, 0.6) is 0 Å². The Bertz CT molecular complexity index is 778. The first-order valence-electron chi connectivity index (χ1n) is 10.4. The molecule has 5 heteroatoms. The third kappa shape index (κ3) is 3.62. The van der Waals surface area contributed by atoms with E-state index in [4.69, 9.17) is 0 Å². The molecule has 144 valence electrons. The summed E-state index contributed by atoms with van der Waals surface area (Å²) in [5.41, 5.74) is 1.86. The molecule has 2 aromatic rings. The predicted octanol–water partition coefficient (Wildman–Crippen LogP) is 6.11. The molecule has 4 aliphatic carbocycles. The van der Waals surface area contributed by atoms with Gasteiger partial charge >= 0.3 is 0 Å². The summed E-state index contributed by atoms with van der Waals surface area (Å²) in [5.74, 6) is 5.18. The van der Waals surface area contributed by atoms with Gasteiger partial charge in [-0.25, -0.2) is 0 Å². The Balaban J connectivity index is 1.31. The van der Waals surface area contributed by atoms with Gasteiger partial charge < -0.3 is 4.57 Å². The molecule has 0 N–H and O–H groups in total. The third-order valence-electron chi connectivity index (χ3n) is 7.09. The van der Waals surface area contributed by atoms with E-state index in [1.807, 2.05) is 11.8 Å². The van der Waals surface area contributed by atoms with Crippen molar-refractivity contribution in [1.29, 1.82) is 0 Å². The minimum absolute atomic E-state index is 0.530. The van der Waals surface area contributed by atoms with Gasteiger partial charge in [-0.15, -0.1) is 10.2 Å². The quantitative estimate of drug-likeness (QED) is 0.502. The first kappa shape index (κ1) is 18.2. The Morgan fingerprint density at radius 2 is 1.67 bits per heavy atom. The van der Waals surface area contributed by atoms with E-state index in [9.17, 15) is 0 Å². The van der Waals surface area contributed by atoms with Crippen LogP contribution in [-0.2, 0) is 18.7 Å². The predicted molar refractivity (Wildman–Crippen MR) is 114 cm³/mol. The molecule has 27 heavy (non-hydrogen) atoms. The lowest BCUT2D eigenvalue weighted by atomic mass is 9.49. The molecule has 3 nitrogen and oxygen atoms in total. The molecule has 0 amide bonds. The number of aromatic nitrogens is 3. The molecule has 4 bridgehead atoms. The second-order valence-electron chi connectivity index (χ2n) is 9.15. The van der Waals surface area contributed by atoms with Gasteiger partial charge in [0.2, 0.25) is 0 Å². The van der Waals surface area contributed by atoms with Crippen molar-refractivity contribution >= 4 is 27.7 Å². The Kier molecular flexibility index (Phi) is 4.87. The van der Waals surface area contributed by atoms with E-state index in [2.05, 4.69) is 61.9 Å². The van der Waals surface area contributed by atoms with Crippen molar-refractivity contribution in [3.63, 3.8) is 0 Å². The Hall–Kier alpha value is -0.810. The molecule has 0 atom stereocenters. The first-order chi connectivity index (χ1) is 13.1. The molecule has 0 unspecified atom stereocenters. The van der Waals surface area contributed by atoms with Crippen LogP contribution in [0.2, 0.25) is 0 Å². The van der Waals surface area contributed by atoms with Crippen molar-refractivity contribution < 1.29 is 0 Å². The number of nitrogens with zero attached hydrogens (tertiary/aromatic N) is 3. The van der Waals surface area contributed by atoms with Gasteiger partial charge in [0.15, 0.2) is 5.16 Å². The smallest absolute Gasteiger partial charge is 0.191 e. The highest BCUT2D eigenvalue weighted by atomic mass is 79.9. The lowest BCUT2D eigenvalue weighted by Crippen LogP contribution is -2.47. The molecular formula is C22H28BrN3S. The fourth-order valence-electron chi connectivity index (χ4n) is 6.44. The molecule has 0 spiro atoms. The Labute approximate surface area is 174 Å². The fraction of sp³-hybridized carbons (Fsp3) is 0.636. The second-order valence-corrected chi connectivity index (χ2v) is 11.0. The van der Waals surface area contributed by atoms with Crippen LogP contribution in [0.1, 0.15) is 56.8 Å². The van der Waals surface area contributed by atoms with Crippen LogP contribution in [-0.4, -0.2) is 14.8 Å². The number of halogens is 1. The second kappa shape index (κ2) is 7.22. The Morgan fingerprint density at radius 3 is 2.26 bits per heavy atom. The topological polar surface area (TPSA) is 30.7 Å². The van der Waals surface area contributed by atoms with Crippen molar-refractivity contribution in [2.75, 3.05) is 0 Å². The van der Waals surface area contributed by atoms with Gasteiger partial charge in [-0.3, -0.25) is 0 Å². The third-order valence-corrected chi connectivity index (χ3v) is 8.66. The molecule has 4 saturated carbocycles. The van der Waals surface area contributed by atoms with Gasteiger partial charge in [0.25, 0.3) is 0 Å². The number of rotatable bonds is 6. The SMILES string of the molecule is CCn1c(CC23CC4CC(CC(C4)C2)C3)nnc1SCc1ccc(Br)cc1. The van der Waals surface area contributed by atoms with Crippen molar-refractivity contribution in [1.82, 2.24) is 14.8 Å². The van der Waals surface area contributed by atoms with Crippen molar-refractivity contribution in [3.05, 3.63) is 40.1 Å². The zero-order valence-corrected chi connectivity index (χ0v) is 18.4. The monoisotopic (exact) mass is 445 g/mol. The van der Waals surface area contributed by atoms with Gasteiger partial charge in [0, 0.05) is 23.2 Å². The summed E-state index contributed by atoms with van der Waals surface area (Å²) >= 11 is 5.33. The van der Waals surface area contributed by atoms with Crippen molar-refractivity contribution in [2.24, 2.45) is 23.2 Å². The van der Waals surface area contributed by atoms with Crippen LogP contribution in [0.4, 0.5) is 0 Å². The van der Waals surface area contributed by atoms with E-state index in [1.165, 1.54) is 49.9 Å². The van der Waals surface area contributed by atoms with E-state index in [0.29, 0.717) is 5.41 Å². The number of thioether (sulfide) groups is 1. The molecule has 0 saturated heterocycles. The molecule has 4 aliphatic rings. The molecule has 4 fully saturated rings. The lowest BCUT2D eigenvalue weighted by Gasteiger charge is -2.56. The lowest BCUT2D eigenvalue weighted by molar-refractivity contribution is -0.0536. The molecule has 1 aromatic carbocycles. The van der Waals surface area contributed by atoms with Crippen LogP contribution in [0.25, 0.3) is 0 Å². The van der Waals surface area contributed by atoms with E-state index >= 15 is 0 Å².